The highest BCUT2D eigenvalue weighted by atomic mass is 16.5. The summed E-state index contributed by atoms with van der Waals surface area (Å²) >= 11 is 0. The maximum Gasteiger partial charge on any atom is 0.258 e. The molecule has 2 aliphatic heterocycles. The lowest BCUT2D eigenvalue weighted by Gasteiger charge is -2.28. The van der Waals surface area contributed by atoms with Gasteiger partial charge in [-0.05, 0) is 41.6 Å². The summed E-state index contributed by atoms with van der Waals surface area (Å²) in [7, 11) is 0. The second-order valence-corrected chi connectivity index (χ2v) is 8.28. The van der Waals surface area contributed by atoms with Gasteiger partial charge in [0.05, 0.1) is 18.9 Å². The molecule has 3 aromatic carbocycles. The molecule has 2 aliphatic rings. The van der Waals surface area contributed by atoms with E-state index < -0.39 is 0 Å². The van der Waals surface area contributed by atoms with Crippen LogP contribution >= 0.6 is 0 Å². The van der Waals surface area contributed by atoms with Crippen molar-refractivity contribution in [1.29, 1.82) is 0 Å². The predicted molar refractivity (Wildman–Crippen MR) is 126 cm³/mol. The van der Waals surface area contributed by atoms with Gasteiger partial charge in [0, 0.05) is 49.2 Å². The molecule has 1 fully saturated rings. The van der Waals surface area contributed by atoms with E-state index >= 15 is 0 Å². The molecule has 6 nitrogen and oxygen atoms in total. The molecule has 0 radical (unpaired) electrons. The summed E-state index contributed by atoms with van der Waals surface area (Å²) in [6, 6.07) is 20.1. The van der Waals surface area contributed by atoms with Gasteiger partial charge in [0.15, 0.2) is 0 Å². The quantitative estimate of drug-likeness (QED) is 0.622. The Hall–Kier alpha value is -3.38. The Kier molecular flexibility index (Phi) is 5.77. The van der Waals surface area contributed by atoms with E-state index in [1.807, 2.05) is 36.4 Å². The smallest absolute Gasteiger partial charge is 0.258 e. The molecular formula is C26H27N3O3. The van der Waals surface area contributed by atoms with Crippen LogP contribution in [0.25, 0.3) is 10.8 Å². The van der Waals surface area contributed by atoms with Gasteiger partial charge in [0.1, 0.15) is 0 Å². The zero-order valence-corrected chi connectivity index (χ0v) is 18.0. The van der Waals surface area contributed by atoms with Crippen LogP contribution in [0.5, 0.6) is 0 Å². The topological polar surface area (TPSA) is 61.9 Å². The first-order valence-corrected chi connectivity index (χ1v) is 11.2. The zero-order valence-electron chi connectivity index (χ0n) is 18.0. The fraction of sp³-hybridized carbons (Fsp3) is 0.308. The van der Waals surface area contributed by atoms with Gasteiger partial charge in [-0.15, -0.1) is 0 Å². The molecule has 0 saturated carbocycles. The van der Waals surface area contributed by atoms with E-state index in [1.54, 1.807) is 4.90 Å². The molecule has 164 valence electrons. The van der Waals surface area contributed by atoms with Crippen LogP contribution in [0.2, 0.25) is 0 Å². The average Bonchev–Trinajstić information content (AvgIpc) is 3.12. The van der Waals surface area contributed by atoms with Gasteiger partial charge in [0.25, 0.3) is 5.91 Å². The highest BCUT2D eigenvalue weighted by molar-refractivity contribution is 6.25. The summed E-state index contributed by atoms with van der Waals surface area (Å²) in [5.74, 6) is 0.0298. The monoisotopic (exact) mass is 429 g/mol. The number of rotatable bonds is 7. The number of nitrogens with one attached hydrogen (secondary N) is 1. The van der Waals surface area contributed by atoms with Crippen molar-refractivity contribution in [2.45, 2.75) is 19.4 Å². The van der Waals surface area contributed by atoms with Gasteiger partial charge in [-0.25, -0.2) is 0 Å². The largest absolute Gasteiger partial charge is 0.378 e. The normalized spacial score (nSPS) is 15.4. The third kappa shape index (κ3) is 4.06. The standard InChI is InChI=1S/C26H27N3O3/c30-24(27-18-19-9-11-21(12-10-19)28-14-16-32-17-15-28)8-3-13-29-23-7-2-5-20-4-1-6-22(25(20)23)26(29)31/h1-2,4-7,9-12H,3,8,13-18H2,(H,27,30). The Morgan fingerprint density at radius 1 is 0.969 bits per heavy atom. The molecule has 3 aromatic rings. The van der Waals surface area contributed by atoms with Crippen molar-refractivity contribution in [1.82, 2.24) is 5.32 Å². The van der Waals surface area contributed by atoms with Crippen molar-refractivity contribution < 1.29 is 14.3 Å². The van der Waals surface area contributed by atoms with Crippen LogP contribution in [-0.4, -0.2) is 44.7 Å². The van der Waals surface area contributed by atoms with E-state index in [1.165, 1.54) is 5.69 Å². The summed E-state index contributed by atoms with van der Waals surface area (Å²) in [4.78, 5) is 29.3. The van der Waals surface area contributed by atoms with Gasteiger partial charge in [-0.3, -0.25) is 9.59 Å². The van der Waals surface area contributed by atoms with E-state index in [2.05, 4.69) is 34.5 Å². The number of benzene rings is 3. The summed E-state index contributed by atoms with van der Waals surface area (Å²) < 4.78 is 5.40. The number of ether oxygens (including phenoxy) is 1. The van der Waals surface area contributed by atoms with E-state index in [4.69, 9.17) is 4.74 Å². The Balaban J connectivity index is 1.11. The van der Waals surface area contributed by atoms with E-state index in [0.717, 1.165) is 53.9 Å². The van der Waals surface area contributed by atoms with Gasteiger partial charge in [0.2, 0.25) is 5.91 Å². The SMILES string of the molecule is O=C(CCCN1C(=O)c2cccc3cccc1c23)NCc1ccc(N2CCOCC2)cc1. The average molecular weight is 430 g/mol. The van der Waals surface area contributed by atoms with E-state index in [0.29, 0.717) is 25.9 Å². The van der Waals surface area contributed by atoms with Crippen LogP contribution in [0, 0.1) is 0 Å². The maximum absolute atomic E-state index is 12.8. The highest BCUT2D eigenvalue weighted by Gasteiger charge is 2.29. The summed E-state index contributed by atoms with van der Waals surface area (Å²) in [5.41, 5.74) is 3.97. The molecule has 1 saturated heterocycles. The molecule has 5 rings (SSSR count). The number of hydrogen-bond donors (Lipinski definition) is 1. The molecule has 0 spiro atoms. The molecule has 32 heavy (non-hydrogen) atoms. The molecule has 2 heterocycles. The number of hydrogen-bond acceptors (Lipinski definition) is 4. The number of nitrogens with zero attached hydrogens (tertiary/aromatic N) is 2. The van der Waals surface area contributed by atoms with Crippen LogP contribution in [0.4, 0.5) is 11.4 Å². The van der Waals surface area contributed by atoms with Crippen molar-refractivity contribution >= 4 is 34.0 Å². The molecule has 0 aliphatic carbocycles. The Bertz CT molecular complexity index is 1130. The van der Waals surface area contributed by atoms with Crippen molar-refractivity contribution in [3.8, 4) is 0 Å². The lowest BCUT2D eigenvalue weighted by Crippen LogP contribution is -2.36. The van der Waals surface area contributed by atoms with Crippen molar-refractivity contribution in [2.75, 3.05) is 42.6 Å². The van der Waals surface area contributed by atoms with E-state index in [9.17, 15) is 9.59 Å². The predicted octanol–water partition coefficient (Wildman–Crippen LogP) is 3.73. The minimum Gasteiger partial charge on any atom is -0.378 e. The highest BCUT2D eigenvalue weighted by Crippen LogP contribution is 2.37. The molecule has 6 heteroatoms. The maximum atomic E-state index is 12.8. The summed E-state index contributed by atoms with van der Waals surface area (Å²) in [6.45, 7) is 4.40. The molecule has 2 amide bonds. The van der Waals surface area contributed by atoms with Crippen molar-refractivity contribution in [3.63, 3.8) is 0 Å². The Morgan fingerprint density at radius 2 is 1.72 bits per heavy atom. The van der Waals surface area contributed by atoms with Gasteiger partial charge in [-0.2, -0.15) is 0 Å². The van der Waals surface area contributed by atoms with E-state index in [-0.39, 0.29) is 11.8 Å². The van der Waals surface area contributed by atoms with Crippen LogP contribution in [0.15, 0.2) is 60.7 Å². The third-order valence-electron chi connectivity index (χ3n) is 6.24. The number of carbonyl (C=O) groups excluding carboxylic acids is 2. The zero-order chi connectivity index (χ0) is 21.9. The molecule has 0 unspecified atom stereocenters. The molecule has 0 bridgehead atoms. The lowest BCUT2D eigenvalue weighted by molar-refractivity contribution is -0.121. The fourth-order valence-corrected chi connectivity index (χ4v) is 4.53. The van der Waals surface area contributed by atoms with Crippen LogP contribution in [0.3, 0.4) is 0 Å². The molecular weight excluding hydrogens is 402 g/mol. The number of carbonyl (C=O) groups is 2. The third-order valence-corrected chi connectivity index (χ3v) is 6.24. The van der Waals surface area contributed by atoms with Crippen LogP contribution in [-0.2, 0) is 16.1 Å². The lowest BCUT2D eigenvalue weighted by atomic mass is 10.1. The molecule has 1 N–H and O–H groups in total. The summed E-state index contributed by atoms with van der Waals surface area (Å²) in [5, 5.41) is 5.09. The minimum absolute atomic E-state index is 0.00428. The Labute approximate surface area is 187 Å². The summed E-state index contributed by atoms with van der Waals surface area (Å²) in [6.07, 6.45) is 1.01. The minimum atomic E-state index is 0.00428. The van der Waals surface area contributed by atoms with Crippen molar-refractivity contribution in [2.24, 2.45) is 0 Å². The number of amides is 2. The van der Waals surface area contributed by atoms with Crippen molar-refractivity contribution in [3.05, 3.63) is 71.8 Å². The second kappa shape index (κ2) is 9.01. The first-order chi connectivity index (χ1) is 15.7. The molecule has 0 atom stereocenters. The second-order valence-electron chi connectivity index (χ2n) is 8.28. The van der Waals surface area contributed by atoms with Crippen LogP contribution < -0.4 is 15.1 Å². The fourth-order valence-electron chi connectivity index (χ4n) is 4.53. The molecule has 0 aromatic heterocycles. The number of morpholine rings is 1. The first kappa shape index (κ1) is 20.5. The van der Waals surface area contributed by atoms with Gasteiger partial charge in [-0.1, -0.05) is 36.4 Å². The van der Waals surface area contributed by atoms with Gasteiger partial charge >= 0.3 is 0 Å². The Morgan fingerprint density at radius 3 is 2.50 bits per heavy atom. The first-order valence-electron chi connectivity index (χ1n) is 11.2. The number of anilines is 2. The van der Waals surface area contributed by atoms with Crippen LogP contribution in [0.1, 0.15) is 28.8 Å². The van der Waals surface area contributed by atoms with Gasteiger partial charge < -0.3 is 19.9 Å².